The summed E-state index contributed by atoms with van der Waals surface area (Å²) >= 11 is 0. The molecular formula is C15H10F2N2O4. The van der Waals surface area contributed by atoms with Crippen LogP contribution in [0.15, 0.2) is 51.7 Å². The van der Waals surface area contributed by atoms with E-state index in [1.165, 1.54) is 43.5 Å². The van der Waals surface area contributed by atoms with Crippen molar-refractivity contribution < 1.29 is 22.7 Å². The Hall–Kier alpha value is -3.16. The van der Waals surface area contributed by atoms with Crippen molar-refractivity contribution in [3.05, 3.63) is 64.6 Å². The van der Waals surface area contributed by atoms with Gasteiger partial charge in [0, 0.05) is 6.07 Å². The third-order valence-corrected chi connectivity index (χ3v) is 2.93. The predicted octanol–water partition coefficient (Wildman–Crippen LogP) is 2.90. The summed E-state index contributed by atoms with van der Waals surface area (Å²) in [6, 6.07) is 8.92. The second-order valence-corrected chi connectivity index (χ2v) is 4.42. The predicted molar refractivity (Wildman–Crippen MR) is 75.1 cm³/mol. The number of benzene rings is 2. The van der Waals surface area contributed by atoms with Crippen molar-refractivity contribution in [3.63, 3.8) is 0 Å². The maximum absolute atomic E-state index is 14.0. The summed E-state index contributed by atoms with van der Waals surface area (Å²) in [5, 5.41) is 3.75. The molecule has 0 bridgehead atoms. The van der Waals surface area contributed by atoms with Crippen molar-refractivity contribution >= 4 is 0 Å². The standard InChI is InChI=1S/C15H10F2N2O4/c1-21-11-6-7-13(12(17)8-11)19-15(20)23-14(18-19)22-10-4-2-9(16)3-5-10/h2-8H,1H3. The van der Waals surface area contributed by atoms with Gasteiger partial charge in [-0.3, -0.25) is 0 Å². The van der Waals surface area contributed by atoms with Crippen molar-refractivity contribution in [3.8, 4) is 23.3 Å². The molecule has 0 atom stereocenters. The molecule has 6 nitrogen and oxygen atoms in total. The van der Waals surface area contributed by atoms with Gasteiger partial charge in [0.2, 0.25) is 0 Å². The second-order valence-electron chi connectivity index (χ2n) is 4.42. The molecule has 23 heavy (non-hydrogen) atoms. The van der Waals surface area contributed by atoms with Crippen molar-refractivity contribution in [2.45, 2.75) is 0 Å². The molecule has 0 aliphatic heterocycles. The Kier molecular flexibility index (Phi) is 3.80. The van der Waals surface area contributed by atoms with E-state index in [1.807, 2.05) is 0 Å². The van der Waals surface area contributed by atoms with Gasteiger partial charge >= 0.3 is 11.8 Å². The minimum Gasteiger partial charge on any atom is -0.497 e. The number of aromatic nitrogens is 2. The zero-order valence-electron chi connectivity index (χ0n) is 11.8. The topological polar surface area (TPSA) is 66.5 Å². The van der Waals surface area contributed by atoms with Gasteiger partial charge < -0.3 is 13.9 Å². The zero-order chi connectivity index (χ0) is 16.4. The molecule has 0 saturated heterocycles. The Morgan fingerprint density at radius 3 is 2.43 bits per heavy atom. The third-order valence-electron chi connectivity index (χ3n) is 2.93. The summed E-state index contributed by atoms with van der Waals surface area (Å²) in [7, 11) is 1.39. The lowest BCUT2D eigenvalue weighted by Gasteiger charge is -2.03. The van der Waals surface area contributed by atoms with Crippen molar-refractivity contribution in [2.24, 2.45) is 0 Å². The van der Waals surface area contributed by atoms with Crippen LogP contribution < -0.4 is 15.2 Å². The summed E-state index contributed by atoms with van der Waals surface area (Å²) in [6.07, 6.45) is -0.392. The van der Waals surface area contributed by atoms with Gasteiger partial charge in [0.05, 0.1) is 7.11 Å². The fourth-order valence-corrected chi connectivity index (χ4v) is 1.84. The van der Waals surface area contributed by atoms with Crippen LogP contribution in [-0.2, 0) is 0 Å². The average molecular weight is 320 g/mol. The average Bonchev–Trinajstić information content (AvgIpc) is 2.89. The fraction of sp³-hybridized carbons (Fsp3) is 0.0667. The molecule has 2 aromatic carbocycles. The molecule has 3 rings (SSSR count). The van der Waals surface area contributed by atoms with Crippen LogP contribution in [0, 0.1) is 11.6 Å². The van der Waals surface area contributed by atoms with Crippen molar-refractivity contribution in [2.75, 3.05) is 7.11 Å². The van der Waals surface area contributed by atoms with Crippen LogP contribution in [0.1, 0.15) is 0 Å². The smallest absolute Gasteiger partial charge is 0.444 e. The van der Waals surface area contributed by atoms with E-state index in [0.717, 1.165) is 6.07 Å². The van der Waals surface area contributed by atoms with E-state index in [9.17, 15) is 13.6 Å². The number of halogens is 2. The highest BCUT2D eigenvalue weighted by Gasteiger charge is 2.15. The maximum Gasteiger partial charge on any atom is 0.444 e. The first-order valence-corrected chi connectivity index (χ1v) is 6.44. The van der Waals surface area contributed by atoms with Crippen LogP contribution >= 0.6 is 0 Å². The molecule has 8 heteroatoms. The molecule has 0 N–H and O–H groups in total. The van der Waals surface area contributed by atoms with Crippen molar-refractivity contribution in [1.82, 2.24) is 9.78 Å². The molecule has 0 spiro atoms. The van der Waals surface area contributed by atoms with Gasteiger partial charge in [-0.1, -0.05) is 5.10 Å². The van der Waals surface area contributed by atoms with Crippen LogP contribution in [0.25, 0.3) is 5.69 Å². The molecule has 1 aromatic heterocycles. The molecule has 0 amide bonds. The molecule has 0 saturated carbocycles. The van der Waals surface area contributed by atoms with Gasteiger partial charge in [-0.05, 0) is 36.4 Å². The molecule has 0 fully saturated rings. The Labute approximate surface area is 128 Å². The third kappa shape index (κ3) is 3.05. The van der Waals surface area contributed by atoms with E-state index in [1.54, 1.807) is 0 Å². The highest BCUT2D eigenvalue weighted by molar-refractivity contribution is 5.38. The molecule has 1 heterocycles. The molecule has 0 aliphatic rings. The Morgan fingerprint density at radius 2 is 1.78 bits per heavy atom. The maximum atomic E-state index is 14.0. The largest absolute Gasteiger partial charge is 0.497 e. The van der Waals surface area contributed by atoms with Crippen LogP contribution in [0.5, 0.6) is 17.6 Å². The summed E-state index contributed by atoms with van der Waals surface area (Å²) in [4.78, 5) is 11.8. The van der Waals surface area contributed by atoms with Crippen LogP contribution in [0.2, 0.25) is 0 Å². The van der Waals surface area contributed by atoms with Gasteiger partial charge in [-0.15, -0.1) is 0 Å². The number of nitrogens with zero attached hydrogens (tertiary/aromatic N) is 2. The molecule has 0 aliphatic carbocycles. The number of rotatable bonds is 4. The van der Waals surface area contributed by atoms with E-state index < -0.39 is 23.5 Å². The number of hydrogen-bond acceptors (Lipinski definition) is 5. The number of ether oxygens (including phenoxy) is 2. The quantitative estimate of drug-likeness (QED) is 0.739. The fourth-order valence-electron chi connectivity index (χ4n) is 1.84. The van der Waals surface area contributed by atoms with Gasteiger partial charge in [-0.25, -0.2) is 13.6 Å². The first kappa shape index (κ1) is 14.8. The van der Waals surface area contributed by atoms with Crippen LogP contribution in [0.3, 0.4) is 0 Å². The molecule has 3 aromatic rings. The molecule has 0 unspecified atom stereocenters. The zero-order valence-corrected chi connectivity index (χ0v) is 11.8. The lowest BCUT2D eigenvalue weighted by atomic mass is 10.3. The van der Waals surface area contributed by atoms with E-state index in [4.69, 9.17) is 13.9 Å². The lowest BCUT2D eigenvalue weighted by molar-refractivity contribution is 0.319. The molecule has 118 valence electrons. The van der Waals surface area contributed by atoms with Crippen molar-refractivity contribution in [1.29, 1.82) is 0 Å². The van der Waals surface area contributed by atoms with Crippen LogP contribution in [0.4, 0.5) is 8.78 Å². The molecular weight excluding hydrogens is 310 g/mol. The summed E-state index contributed by atoms with van der Waals surface area (Å²) in [5.74, 6) is -1.57. The summed E-state index contributed by atoms with van der Waals surface area (Å²) in [6.45, 7) is 0. The second kappa shape index (κ2) is 5.91. The summed E-state index contributed by atoms with van der Waals surface area (Å²) < 4.78 is 42.4. The normalized spacial score (nSPS) is 10.6. The first-order valence-electron chi connectivity index (χ1n) is 6.44. The van der Waals surface area contributed by atoms with Gasteiger partial charge in [0.1, 0.15) is 23.0 Å². The minimum absolute atomic E-state index is 0.117. The number of hydrogen-bond donors (Lipinski definition) is 0. The Balaban J connectivity index is 1.92. The monoisotopic (exact) mass is 320 g/mol. The van der Waals surface area contributed by atoms with Gasteiger partial charge in [0.25, 0.3) is 0 Å². The number of methoxy groups -OCH3 is 1. The van der Waals surface area contributed by atoms with E-state index in [0.29, 0.717) is 10.4 Å². The highest BCUT2D eigenvalue weighted by Crippen LogP contribution is 2.21. The van der Waals surface area contributed by atoms with Gasteiger partial charge in [0.15, 0.2) is 5.82 Å². The highest BCUT2D eigenvalue weighted by atomic mass is 19.1. The van der Waals surface area contributed by atoms with E-state index in [-0.39, 0.29) is 11.4 Å². The Morgan fingerprint density at radius 1 is 1.09 bits per heavy atom. The lowest BCUT2D eigenvalue weighted by Crippen LogP contribution is -2.14. The molecule has 0 radical (unpaired) electrons. The van der Waals surface area contributed by atoms with E-state index >= 15 is 0 Å². The van der Waals surface area contributed by atoms with E-state index in [2.05, 4.69) is 5.10 Å². The first-order chi connectivity index (χ1) is 11.1. The minimum atomic E-state index is -0.925. The SMILES string of the molecule is COc1ccc(-n2nc(Oc3ccc(F)cc3)oc2=O)c(F)c1. The van der Waals surface area contributed by atoms with Gasteiger partial charge in [-0.2, -0.15) is 4.68 Å². The summed E-state index contributed by atoms with van der Waals surface area (Å²) in [5.41, 5.74) is -0.117. The Bertz CT molecular complexity index is 887. The van der Waals surface area contributed by atoms with Crippen LogP contribution in [-0.4, -0.2) is 16.9 Å².